The molecule has 0 bridgehead atoms. The van der Waals surface area contributed by atoms with Crippen molar-refractivity contribution in [3.8, 4) is 5.75 Å². The van der Waals surface area contributed by atoms with E-state index < -0.39 is 17.7 Å². The third kappa shape index (κ3) is 4.32. The number of carbonyl (C=O) groups is 3. The number of aromatic nitrogens is 3. The summed E-state index contributed by atoms with van der Waals surface area (Å²) in [6.07, 6.45) is 3.44. The van der Waals surface area contributed by atoms with Gasteiger partial charge in [-0.2, -0.15) is 0 Å². The van der Waals surface area contributed by atoms with Crippen molar-refractivity contribution in [3.05, 3.63) is 93.9 Å². The highest BCUT2D eigenvalue weighted by Gasteiger charge is 2.48. The van der Waals surface area contributed by atoms with E-state index in [0.717, 1.165) is 16.9 Å². The summed E-state index contributed by atoms with van der Waals surface area (Å²) in [6.45, 7) is 10.7. The van der Waals surface area contributed by atoms with Gasteiger partial charge >= 0.3 is 5.91 Å². The molecular formula is C29H26N4O5S. The molecule has 1 aliphatic heterocycles. The zero-order valence-corrected chi connectivity index (χ0v) is 22.7. The molecule has 10 heteroatoms. The zero-order chi connectivity index (χ0) is 28.0. The van der Waals surface area contributed by atoms with Crippen LogP contribution in [-0.4, -0.2) is 43.6 Å². The van der Waals surface area contributed by atoms with Gasteiger partial charge in [0.25, 0.3) is 5.78 Å². The van der Waals surface area contributed by atoms with Crippen LogP contribution in [0.5, 0.6) is 5.75 Å². The SMILES string of the molecule is C=CCOc1ccc(C2C(=C(O)c3nc4c(C)cccn4c3C)C(=O)C(=O)N2c2nc(C)c(C(C)=O)s2)cc1. The standard InChI is InChI=1S/C29H26N4O5S/c1-6-14-38-20-11-9-19(10-12-20)23-21(24(35)22-17(4)32-13-7-8-15(2)27(32)31-22)25(36)28(37)33(23)29-30-16(3)26(39-29)18(5)34/h6-13,23,35H,1,14H2,2-5H3. The summed E-state index contributed by atoms with van der Waals surface area (Å²) in [5, 5.41) is 11.8. The highest BCUT2D eigenvalue weighted by Crippen LogP contribution is 2.44. The van der Waals surface area contributed by atoms with Crippen LogP contribution in [0.15, 0.2) is 60.8 Å². The number of aliphatic hydroxyl groups is 1. The van der Waals surface area contributed by atoms with Crippen LogP contribution in [0, 0.1) is 20.8 Å². The Kier molecular flexibility index (Phi) is 6.65. The fourth-order valence-corrected chi connectivity index (χ4v) is 5.72. The minimum atomic E-state index is -1.01. The molecule has 1 aromatic carbocycles. The largest absolute Gasteiger partial charge is 0.505 e. The van der Waals surface area contributed by atoms with Gasteiger partial charge in [-0.1, -0.05) is 42.2 Å². The lowest BCUT2D eigenvalue weighted by Gasteiger charge is -2.23. The number of thiazole rings is 1. The van der Waals surface area contributed by atoms with Crippen LogP contribution in [0.25, 0.3) is 11.4 Å². The number of benzene rings is 1. The van der Waals surface area contributed by atoms with Crippen LogP contribution < -0.4 is 9.64 Å². The normalized spacial score (nSPS) is 16.7. The van der Waals surface area contributed by atoms with Crippen molar-refractivity contribution in [1.82, 2.24) is 14.4 Å². The number of hydrogen-bond acceptors (Lipinski definition) is 8. The van der Waals surface area contributed by atoms with E-state index in [4.69, 9.17) is 4.74 Å². The van der Waals surface area contributed by atoms with Crippen molar-refractivity contribution in [3.63, 3.8) is 0 Å². The molecule has 1 N–H and O–H groups in total. The molecular weight excluding hydrogens is 516 g/mol. The number of Topliss-reactive ketones (excluding diaryl/α,β-unsaturated/α-hetero) is 2. The summed E-state index contributed by atoms with van der Waals surface area (Å²) in [5.74, 6) is -1.71. The highest BCUT2D eigenvalue weighted by atomic mass is 32.1. The van der Waals surface area contributed by atoms with Crippen LogP contribution in [0.4, 0.5) is 5.13 Å². The second kappa shape index (κ2) is 9.95. The van der Waals surface area contributed by atoms with Gasteiger partial charge < -0.3 is 14.2 Å². The number of anilines is 1. The molecule has 9 nitrogen and oxygen atoms in total. The van der Waals surface area contributed by atoms with Gasteiger partial charge in [0.2, 0.25) is 0 Å². The number of aryl methyl sites for hydroxylation is 3. The second-order valence-electron chi connectivity index (χ2n) is 9.24. The average Bonchev–Trinajstić information content (AvgIpc) is 3.55. The second-order valence-corrected chi connectivity index (χ2v) is 10.2. The summed E-state index contributed by atoms with van der Waals surface area (Å²) >= 11 is 1.03. The number of amides is 1. The maximum atomic E-state index is 13.5. The Balaban J connectivity index is 1.72. The quantitative estimate of drug-likeness (QED) is 0.113. The van der Waals surface area contributed by atoms with E-state index in [9.17, 15) is 19.5 Å². The highest BCUT2D eigenvalue weighted by molar-refractivity contribution is 7.18. The number of hydrogen-bond donors (Lipinski definition) is 1. The van der Waals surface area contributed by atoms with E-state index in [-0.39, 0.29) is 27.9 Å². The van der Waals surface area contributed by atoms with Crippen molar-refractivity contribution < 1.29 is 24.2 Å². The van der Waals surface area contributed by atoms with E-state index in [2.05, 4.69) is 16.5 Å². The molecule has 1 saturated heterocycles. The van der Waals surface area contributed by atoms with Gasteiger partial charge in [-0.3, -0.25) is 19.3 Å². The molecule has 1 fully saturated rings. The Labute approximate surface area is 228 Å². The lowest BCUT2D eigenvalue weighted by Crippen LogP contribution is -2.29. The lowest BCUT2D eigenvalue weighted by molar-refractivity contribution is -0.132. The van der Waals surface area contributed by atoms with E-state index in [1.807, 2.05) is 29.7 Å². The van der Waals surface area contributed by atoms with E-state index in [0.29, 0.717) is 39.8 Å². The molecule has 0 aliphatic carbocycles. The van der Waals surface area contributed by atoms with E-state index >= 15 is 0 Å². The van der Waals surface area contributed by atoms with Crippen LogP contribution in [0.2, 0.25) is 0 Å². The molecule has 4 heterocycles. The van der Waals surface area contributed by atoms with Crippen LogP contribution in [0.1, 0.15) is 50.8 Å². The van der Waals surface area contributed by atoms with Crippen molar-refractivity contribution >= 4 is 45.3 Å². The topological polar surface area (TPSA) is 114 Å². The fraction of sp³-hybridized carbons (Fsp3) is 0.207. The molecule has 198 valence electrons. The summed E-state index contributed by atoms with van der Waals surface area (Å²) in [7, 11) is 0. The number of fused-ring (bicyclic) bond motifs is 1. The Morgan fingerprint density at radius 3 is 2.49 bits per heavy atom. The smallest absolute Gasteiger partial charge is 0.301 e. The maximum absolute atomic E-state index is 13.5. The number of ketones is 2. The summed E-state index contributed by atoms with van der Waals surface area (Å²) < 4.78 is 7.41. The van der Waals surface area contributed by atoms with Gasteiger partial charge in [-0.15, -0.1) is 0 Å². The zero-order valence-electron chi connectivity index (χ0n) is 21.9. The number of ether oxygens (including phenoxy) is 1. The van der Waals surface area contributed by atoms with Crippen molar-refractivity contribution in [2.45, 2.75) is 33.7 Å². The first kappa shape index (κ1) is 26.1. The van der Waals surface area contributed by atoms with Crippen molar-refractivity contribution in [2.75, 3.05) is 11.5 Å². The van der Waals surface area contributed by atoms with Crippen molar-refractivity contribution in [1.29, 1.82) is 0 Å². The predicted octanol–water partition coefficient (Wildman–Crippen LogP) is 5.11. The van der Waals surface area contributed by atoms with Crippen molar-refractivity contribution in [2.24, 2.45) is 0 Å². The summed E-state index contributed by atoms with van der Waals surface area (Å²) in [6, 6.07) is 9.64. The Bertz CT molecular complexity index is 1700. The average molecular weight is 543 g/mol. The van der Waals surface area contributed by atoms with E-state index in [1.165, 1.54) is 11.8 Å². The molecule has 4 aromatic rings. The molecule has 1 amide bonds. The van der Waals surface area contributed by atoms with Gasteiger partial charge in [0, 0.05) is 13.1 Å². The Hall–Kier alpha value is -4.57. The molecule has 1 atom stereocenters. The fourth-order valence-electron chi connectivity index (χ4n) is 4.73. The minimum absolute atomic E-state index is 0.110. The number of rotatable bonds is 7. The van der Waals surface area contributed by atoms with Crippen LogP contribution in [-0.2, 0) is 9.59 Å². The number of nitrogens with zero attached hydrogens (tertiary/aromatic N) is 4. The molecule has 0 saturated carbocycles. The van der Waals surface area contributed by atoms with Gasteiger partial charge in [0.1, 0.15) is 23.7 Å². The maximum Gasteiger partial charge on any atom is 0.301 e. The van der Waals surface area contributed by atoms with Gasteiger partial charge in [0.05, 0.1) is 27.9 Å². The third-order valence-electron chi connectivity index (χ3n) is 6.63. The molecule has 3 aromatic heterocycles. The number of pyridine rings is 1. The number of imidazole rings is 1. The Morgan fingerprint density at radius 2 is 1.87 bits per heavy atom. The molecule has 1 unspecified atom stereocenters. The number of carbonyl (C=O) groups excluding carboxylic acids is 3. The predicted molar refractivity (Wildman–Crippen MR) is 148 cm³/mol. The summed E-state index contributed by atoms with van der Waals surface area (Å²) in [5.41, 5.74) is 3.25. The molecule has 1 aliphatic rings. The third-order valence-corrected chi connectivity index (χ3v) is 7.89. The minimum Gasteiger partial charge on any atom is -0.505 e. The Morgan fingerprint density at radius 1 is 1.15 bits per heavy atom. The molecule has 5 rings (SSSR count). The first-order valence-electron chi connectivity index (χ1n) is 12.2. The van der Waals surface area contributed by atoms with E-state index in [1.54, 1.807) is 44.2 Å². The van der Waals surface area contributed by atoms with Gasteiger partial charge in [0.15, 0.2) is 16.7 Å². The first-order chi connectivity index (χ1) is 18.6. The molecule has 39 heavy (non-hydrogen) atoms. The summed E-state index contributed by atoms with van der Waals surface area (Å²) in [4.78, 5) is 49.9. The monoisotopic (exact) mass is 542 g/mol. The molecule has 0 radical (unpaired) electrons. The van der Waals surface area contributed by atoms with Crippen LogP contribution >= 0.6 is 11.3 Å². The van der Waals surface area contributed by atoms with Gasteiger partial charge in [-0.25, -0.2) is 9.97 Å². The number of aliphatic hydroxyl groups excluding tert-OH is 1. The molecule has 0 spiro atoms. The van der Waals surface area contributed by atoms with Gasteiger partial charge in [-0.05, 0) is 50.1 Å². The van der Waals surface area contributed by atoms with Crippen LogP contribution in [0.3, 0.4) is 0 Å². The first-order valence-corrected chi connectivity index (χ1v) is 13.0. The lowest BCUT2D eigenvalue weighted by atomic mass is 9.96.